The highest BCUT2D eigenvalue weighted by Crippen LogP contribution is 2.13. The molecule has 8 heteroatoms. The molecular formula is C14H20N6O2. The zero-order valence-corrected chi connectivity index (χ0v) is 12.7. The number of hydrogen-bond donors (Lipinski definition) is 2. The summed E-state index contributed by atoms with van der Waals surface area (Å²) in [6, 6.07) is 1.64. The van der Waals surface area contributed by atoms with Crippen molar-refractivity contribution in [2.45, 2.75) is 51.7 Å². The van der Waals surface area contributed by atoms with Gasteiger partial charge in [0.2, 0.25) is 5.91 Å². The van der Waals surface area contributed by atoms with Gasteiger partial charge < -0.3 is 15.2 Å². The molecular weight excluding hydrogens is 284 g/mol. The lowest BCUT2D eigenvalue weighted by atomic mass is 10.1. The number of fused-ring (bicyclic) bond motifs is 1. The largest absolute Gasteiger partial charge is 0.360 e. The van der Waals surface area contributed by atoms with E-state index in [-0.39, 0.29) is 18.0 Å². The number of amides is 1. The summed E-state index contributed by atoms with van der Waals surface area (Å²) in [4.78, 5) is 16.5. The first-order valence-corrected chi connectivity index (χ1v) is 7.52. The van der Waals surface area contributed by atoms with Crippen LogP contribution in [0.25, 0.3) is 0 Å². The first-order chi connectivity index (χ1) is 10.7. The topological polar surface area (TPSA) is 97.9 Å². The monoisotopic (exact) mass is 304 g/mol. The van der Waals surface area contributed by atoms with Gasteiger partial charge in [0.15, 0.2) is 5.82 Å². The Labute approximate surface area is 128 Å². The van der Waals surface area contributed by atoms with Crippen LogP contribution >= 0.6 is 0 Å². The van der Waals surface area contributed by atoms with E-state index in [4.69, 9.17) is 4.52 Å². The Balaban J connectivity index is 1.59. The molecule has 3 rings (SSSR count). The number of aromatic nitrogens is 4. The molecule has 1 aliphatic heterocycles. The van der Waals surface area contributed by atoms with Crippen molar-refractivity contribution >= 4 is 11.7 Å². The van der Waals surface area contributed by atoms with Crippen LogP contribution < -0.4 is 10.6 Å². The zero-order chi connectivity index (χ0) is 15.5. The Hall–Kier alpha value is -2.22. The number of aryl methyl sites for hydroxylation is 2. The molecule has 0 unspecified atom stereocenters. The molecule has 0 saturated carbocycles. The second-order valence-corrected chi connectivity index (χ2v) is 5.53. The van der Waals surface area contributed by atoms with Gasteiger partial charge >= 0.3 is 0 Å². The van der Waals surface area contributed by atoms with E-state index in [1.807, 2.05) is 11.6 Å². The Kier molecular flexibility index (Phi) is 4.19. The Morgan fingerprint density at radius 3 is 3.18 bits per heavy atom. The standard InChI is InChI=1S/C14H20N6O2/c1-3-11(14(21)18-12-6-9(2)22-19-12)17-10-4-5-13-15-8-16-20(13)7-10/h6,8,10-11,17H,3-5,7H2,1-2H3,(H,18,19,21)/t10-,11+/m0/s1. The third-order valence-electron chi connectivity index (χ3n) is 3.85. The summed E-state index contributed by atoms with van der Waals surface area (Å²) in [5.41, 5.74) is 0. The molecule has 1 amide bonds. The number of hydrogen-bond acceptors (Lipinski definition) is 6. The van der Waals surface area contributed by atoms with Crippen LogP contribution in [0.3, 0.4) is 0 Å². The molecule has 0 bridgehead atoms. The molecule has 2 atom stereocenters. The highest BCUT2D eigenvalue weighted by Gasteiger charge is 2.25. The van der Waals surface area contributed by atoms with Gasteiger partial charge in [0, 0.05) is 18.5 Å². The van der Waals surface area contributed by atoms with Gasteiger partial charge in [0.05, 0.1) is 12.6 Å². The fourth-order valence-corrected chi connectivity index (χ4v) is 2.68. The maximum Gasteiger partial charge on any atom is 0.242 e. The van der Waals surface area contributed by atoms with Crippen LogP contribution in [0.15, 0.2) is 16.9 Å². The summed E-state index contributed by atoms with van der Waals surface area (Å²) in [6.07, 6.45) is 4.10. The van der Waals surface area contributed by atoms with Crippen molar-refractivity contribution in [2.24, 2.45) is 0 Å². The lowest BCUT2D eigenvalue weighted by molar-refractivity contribution is -0.118. The van der Waals surface area contributed by atoms with Gasteiger partial charge in [-0.3, -0.25) is 4.79 Å². The van der Waals surface area contributed by atoms with Crippen molar-refractivity contribution in [3.8, 4) is 0 Å². The van der Waals surface area contributed by atoms with Gasteiger partial charge in [0.1, 0.15) is 17.9 Å². The van der Waals surface area contributed by atoms with Crippen molar-refractivity contribution in [3.05, 3.63) is 24.0 Å². The van der Waals surface area contributed by atoms with Crippen LogP contribution in [0.2, 0.25) is 0 Å². The summed E-state index contributed by atoms with van der Waals surface area (Å²) in [7, 11) is 0. The van der Waals surface area contributed by atoms with Crippen molar-refractivity contribution in [1.82, 2.24) is 25.2 Å². The van der Waals surface area contributed by atoms with E-state index in [1.165, 1.54) is 0 Å². The van der Waals surface area contributed by atoms with E-state index in [0.29, 0.717) is 18.0 Å². The molecule has 2 aromatic rings. The van der Waals surface area contributed by atoms with Gasteiger partial charge in [-0.25, -0.2) is 9.67 Å². The molecule has 0 spiro atoms. The first kappa shape index (κ1) is 14.7. The minimum Gasteiger partial charge on any atom is -0.360 e. The zero-order valence-electron chi connectivity index (χ0n) is 12.7. The number of nitrogens with one attached hydrogen (secondary N) is 2. The second-order valence-electron chi connectivity index (χ2n) is 5.53. The maximum atomic E-state index is 12.3. The van der Waals surface area contributed by atoms with E-state index < -0.39 is 0 Å². The molecule has 0 aliphatic carbocycles. The van der Waals surface area contributed by atoms with Crippen LogP contribution in [-0.4, -0.2) is 37.9 Å². The molecule has 0 saturated heterocycles. The third kappa shape index (κ3) is 3.16. The van der Waals surface area contributed by atoms with Crippen LogP contribution in [0.1, 0.15) is 31.4 Å². The second kappa shape index (κ2) is 6.27. The number of carbonyl (C=O) groups is 1. The Morgan fingerprint density at radius 1 is 1.59 bits per heavy atom. The quantitative estimate of drug-likeness (QED) is 0.851. The summed E-state index contributed by atoms with van der Waals surface area (Å²) in [6.45, 7) is 4.51. The number of rotatable bonds is 5. The van der Waals surface area contributed by atoms with Crippen LogP contribution in [0.5, 0.6) is 0 Å². The minimum atomic E-state index is -0.271. The van der Waals surface area contributed by atoms with E-state index in [2.05, 4.69) is 25.9 Å². The minimum absolute atomic E-state index is 0.0970. The molecule has 22 heavy (non-hydrogen) atoms. The fraction of sp³-hybridized carbons (Fsp3) is 0.571. The molecule has 2 aromatic heterocycles. The molecule has 0 aromatic carbocycles. The number of carbonyl (C=O) groups excluding carboxylic acids is 1. The van der Waals surface area contributed by atoms with E-state index in [9.17, 15) is 4.79 Å². The number of anilines is 1. The van der Waals surface area contributed by atoms with Gasteiger partial charge in [-0.15, -0.1) is 0 Å². The third-order valence-corrected chi connectivity index (χ3v) is 3.85. The van der Waals surface area contributed by atoms with Crippen molar-refractivity contribution in [3.63, 3.8) is 0 Å². The molecule has 2 N–H and O–H groups in total. The van der Waals surface area contributed by atoms with E-state index in [0.717, 1.165) is 25.2 Å². The van der Waals surface area contributed by atoms with Gasteiger partial charge in [-0.1, -0.05) is 12.1 Å². The van der Waals surface area contributed by atoms with Gasteiger partial charge in [0.25, 0.3) is 0 Å². The van der Waals surface area contributed by atoms with E-state index >= 15 is 0 Å². The normalized spacial score (nSPS) is 18.7. The smallest absolute Gasteiger partial charge is 0.242 e. The lowest BCUT2D eigenvalue weighted by Crippen LogP contribution is -2.48. The van der Waals surface area contributed by atoms with Crippen molar-refractivity contribution < 1.29 is 9.32 Å². The summed E-state index contributed by atoms with van der Waals surface area (Å²) in [5.74, 6) is 2.03. The Morgan fingerprint density at radius 2 is 2.45 bits per heavy atom. The van der Waals surface area contributed by atoms with Crippen LogP contribution in [0.4, 0.5) is 5.82 Å². The van der Waals surface area contributed by atoms with Gasteiger partial charge in [-0.2, -0.15) is 5.10 Å². The molecule has 1 aliphatic rings. The number of nitrogens with zero attached hydrogens (tertiary/aromatic N) is 4. The predicted molar refractivity (Wildman–Crippen MR) is 79.2 cm³/mol. The maximum absolute atomic E-state index is 12.3. The fourth-order valence-electron chi connectivity index (χ4n) is 2.68. The highest BCUT2D eigenvalue weighted by atomic mass is 16.5. The highest BCUT2D eigenvalue weighted by molar-refractivity contribution is 5.93. The predicted octanol–water partition coefficient (Wildman–Crippen LogP) is 0.896. The van der Waals surface area contributed by atoms with E-state index in [1.54, 1.807) is 19.3 Å². The lowest BCUT2D eigenvalue weighted by Gasteiger charge is -2.27. The first-order valence-electron chi connectivity index (χ1n) is 7.52. The summed E-state index contributed by atoms with van der Waals surface area (Å²) < 4.78 is 6.85. The van der Waals surface area contributed by atoms with Crippen molar-refractivity contribution in [1.29, 1.82) is 0 Å². The Bertz CT molecular complexity index is 649. The van der Waals surface area contributed by atoms with Crippen molar-refractivity contribution in [2.75, 3.05) is 5.32 Å². The molecule has 8 nitrogen and oxygen atoms in total. The average Bonchev–Trinajstić information content (AvgIpc) is 3.12. The van der Waals surface area contributed by atoms with Gasteiger partial charge in [-0.05, 0) is 19.8 Å². The molecule has 3 heterocycles. The molecule has 118 valence electrons. The summed E-state index contributed by atoms with van der Waals surface area (Å²) >= 11 is 0. The SMILES string of the molecule is CC[C@@H](N[C@H]1CCc2ncnn2C1)C(=O)Nc1cc(C)on1. The molecule has 0 radical (unpaired) electrons. The summed E-state index contributed by atoms with van der Waals surface area (Å²) in [5, 5.41) is 14.2. The van der Waals surface area contributed by atoms with Crippen LogP contribution in [0, 0.1) is 6.92 Å². The van der Waals surface area contributed by atoms with Crippen LogP contribution in [-0.2, 0) is 17.8 Å². The average molecular weight is 304 g/mol. The molecule has 0 fully saturated rings.